The van der Waals surface area contributed by atoms with Gasteiger partial charge in [-0.3, -0.25) is 5.10 Å². The third-order valence-electron chi connectivity index (χ3n) is 4.30. The number of benzene rings is 2. The van der Waals surface area contributed by atoms with E-state index < -0.39 is 11.6 Å². The average molecular weight is 362 g/mol. The lowest BCUT2D eigenvalue weighted by atomic mass is 10.2. The monoisotopic (exact) mass is 362 g/mol. The summed E-state index contributed by atoms with van der Waals surface area (Å²) in [7, 11) is 0. The summed E-state index contributed by atoms with van der Waals surface area (Å²) >= 11 is 0. The molecule has 27 heavy (non-hydrogen) atoms. The maximum Gasteiger partial charge on any atom is 0.164 e. The van der Waals surface area contributed by atoms with Crippen molar-refractivity contribution < 1.29 is 8.78 Å². The van der Waals surface area contributed by atoms with Crippen LogP contribution in [0.25, 0.3) is 33.3 Å². The molecular formula is C19H12F2N6. The fourth-order valence-electron chi connectivity index (χ4n) is 2.96. The maximum absolute atomic E-state index is 13.6. The van der Waals surface area contributed by atoms with Crippen molar-refractivity contribution in [3.05, 3.63) is 66.5 Å². The number of nitrogens with zero attached hydrogens (tertiary/aromatic N) is 3. The van der Waals surface area contributed by atoms with E-state index in [-0.39, 0.29) is 5.82 Å². The summed E-state index contributed by atoms with van der Waals surface area (Å²) in [4.78, 5) is 12.0. The molecule has 0 bridgehead atoms. The summed E-state index contributed by atoms with van der Waals surface area (Å²) in [6.07, 6.45) is 3.48. The lowest BCUT2D eigenvalue weighted by Gasteiger charge is -2.09. The summed E-state index contributed by atoms with van der Waals surface area (Å²) in [6.45, 7) is 0. The second-order valence-electron chi connectivity index (χ2n) is 6.06. The van der Waals surface area contributed by atoms with Gasteiger partial charge in [0, 0.05) is 22.8 Å². The smallest absolute Gasteiger partial charge is 0.164 e. The molecule has 132 valence electrons. The Bertz CT molecular complexity index is 1290. The minimum Gasteiger partial charge on any atom is -0.346 e. The zero-order chi connectivity index (χ0) is 18.4. The molecule has 5 rings (SSSR count). The van der Waals surface area contributed by atoms with Gasteiger partial charge in [-0.2, -0.15) is 5.10 Å². The molecule has 2 aromatic carbocycles. The van der Waals surface area contributed by atoms with Crippen molar-refractivity contribution >= 4 is 33.4 Å². The maximum atomic E-state index is 13.6. The fourth-order valence-corrected chi connectivity index (χ4v) is 2.96. The molecule has 3 heterocycles. The van der Waals surface area contributed by atoms with Gasteiger partial charge < -0.3 is 10.3 Å². The molecule has 0 fully saturated rings. The largest absolute Gasteiger partial charge is 0.346 e. The molecule has 0 aliphatic heterocycles. The van der Waals surface area contributed by atoms with Gasteiger partial charge in [0.2, 0.25) is 0 Å². The Morgan fingerprint density at radius 3 is 2.74 bits per heavy atom. The molecule has 0 aliphatic carbocycles. The number of H-pyrrole nitrogens is 2. The minimum absolute atomic E-state index is 0.288. The Balaban J connectivity index is 1.62. The van der Waals surface area contributed by atoms with E-state index in [4.69, 9.17) is 0 Å². The van der Waals surface area contributed by atoms with Crippen LogP contribution >= 0.6 is 0 Å². The van der Waals surface area contributed by atoms with Crippen molar-refractivity contribution in [3.8, 4) is 11.4 Å². The van der Waals surface area contributed by atoms with Gasteiger partial charge in [0.05, 0.1) is 17.1 Å². The molecule has 0 amide bonds. The number of aromatic amines is 2. The molecule has 0 spiro atoms. The molecule has 3 N–H and O–H groups in total. The highest BCUT2D eigenvalue weighted by molar-refractivity contribution is 5.91. The Kier molecular flexibility index (Phi) is 3.36. The first-order valence-electron chi connectivity index (χ1n) is 8.18. The zero-order valence-electron chi connectivity index (χ0n) is 13.8. The van der Waals surface area contributed by atoms with E-state index in [0.29, 0.717) is 17.0 Å². The first kappa shape index (κ1) is 15.4. The van der Waals surface area contributed by atoms with Crippen LogP contribution in [0.4, 0.5) is 20.3 Å². The van der Waals surface area contributed by atoms with Gasteiger partial charge in [-0.1, -0.05) is 0 Å². The number of aromatic nitrogens is 5. The van der Waals surface area contributed by atoms with Crippen LogP contribution in [0.3, 0.4) is 0 Å². The van der Waals surface area contributed by atoms with E-state index in [9.17, 15) is 8.78 Å². The second kappa shape index (κ2) is 5.87. The van der Waals surface area contributed by atoms with Crippen LogP contribution in [-0.4, -0.2) is 25.1 Å². The third kappa shape index (κ3) is 2.67. The van der Waals surface area contributed by atoms with Crippen LogP contribution in [0.2, 0.25) is 0 Å². The molecule has 6 nitrogen and oxygen atoms in total. The predicted octanol–water partition coefficient (Wildman–Crippen LogP) is 4.52. The Morgan fingerprint density at radius 1 is 0.926 bits per heavy atom. The van der Waals surface area contributed by atoms with Gasteiger partial charge in [0.15, 0.2) is 17.5 Å². The van der Waals surface area contributed by atoms with Crippen LogP contribution in [-0.2, 0) is 0 Å². The Morgan fingerprint density at radius 2 is 1.85 bits per heavy atom. The number of halogens is 2. The Hall–Kier alpha value is -3.81. The first-order chi connectivity index (χ1) is 13.2. The standard InChI is InChI=1S/C19H12F2N6/c20-14-3-1-10(8-15(14)21)17-25-18-13(5-6-22-18)19(26-17)24-12-2-4-16-11(7-12)9-23-27-16/h1-9H,(H,23,27)(H2,22,24,25,26). The SMILES string of the molecule is Fc1ccc(-c2nc(Nc3ccc4[nH]ncc4c3)c3cc[nH]c3n2)cc1F. The van der Waals surface area contributed by atoms with E-state index >= 15 is 0 Å². The number of hydrogen-bond donors (Lipinski definition) is 3. The molecular weight excluding hydrogens is 350 g/mol. The van der Waals surface area contributed by atoms with Crippen LogP contribution < -0.4 is 5.32 Å². The van der Waals surface area contributed by atoms with Gasteiger partial charge in [0.25, 0.3) is 0 Å². The van der Waals surface area contributed by atoms with Crippen molar-refractivity contribution in [2.45, 2.75) is 0 Å². The summed E-state index contributed by atoms with van der Waals surface area (Å²) in [5, 5.41) is 11.9. The van der Waals surface area contributed by atoms with Crippen molar-refractivity contribution in [3.63, 3.8) is 0 Å². The van der Waals surface area contributed by atoms with Gasteiger partial charge >= 0.3 is 0 Å². The molecule has 0 unspecified atom stereocenters. The van der Waals surface area contributed by atoms with Crippen LogP contribution in [0.1, 0.15) is 0 Å². The highest BCUT2D eigenvalue weighted by Crippen LogP contribution is 2.28. The highest BCUT2D eigenvalue weighted by atomic mass is 19.2. The highest BCUT2D eigenvalue weighted by Gasteiger charge is 2.13. The third-order valence-corrected chi connectivity index (χ3v) is 4.30. The quantitative estimate of drug-likeness (QED) is 0.441. The zero-order valence-corrected chi connectivity index (χ0v) is 13.8. The molecule has 8 heteroatoms. The fraction of sp³-hybridized carbons (Fsp3) is 0. The van der Waals surface area contributed by atoms with Crippen molar-refractivity contribution in [2.24, 2.45) is 0 Å². The van der Waals surface area contributed by atoms with E-state index in [1.165, 1.54) is 6.07 Å². The molecule has 5 aromatic rings. The molecule has 0 radical (unpaired) electrons. The van der Waals surface area contributed by atoms with Crippen molar-refractivity contribution in [1.29, 1.82) is 0 Å². The topological polar surface area (TPSA) is 82.3 Å². The van der Waals surface area contributed by atoms with Gasteiger partial charge in [-0.25, -0.2) is 18.7 Å². The number of fused-ring (bicyclic) bond motifs is 2. The summed E-state index contributed by atoms with van der Waals surface area (Å²) in [5.41, 5.74) is 2.73. The van der Waals surface area contributed by atoms with E-state index in [1.807, 2.05) is 24.3 Å². The number of nitrogens with one attached hydrogen (secondary N) is 3. The van der Waals surface area contributed by atoms with Crippen molar-refractivity contribution in [2.75, 3.05) is 5.32 Å². The van der Waals surface area contributed by atoms with Crippen LogP contribution in [0.5, 0.6) is 0 Å². The molecule has 0 saturated carbocycles. The van der Waals surface area contributed by atoms with Gasteiger partial charge in [-0.15, -0.1) is 0 Å². The average Bonchev–Trinajstić information content (AvgIpc) is 3.32. The lowest BCUT2D eigenvalue weighted by Crippen LogP contribution is -1.99. The van der Waals surface area contributed by atoms with Crippen LogP contribution in [0, 0.1) is 11.6 Å². The van der Waals surface area contributed by atoms with Crippen molar-refractivity contribution in [1.82, 2.24) is 25.1 Å². The van der Waals surface area contributed by atoms with Gasteiger partial charge in [-0.05, 0) is 42.5 Å². The number of hydrogen-bond acceptors (Lipinski definition) is 4. The summed E-state index contributed by atoms with van der Waals surface area (Å²) in [6, 6.07) is 11.2. The predicted molar refractivity (Wildman–Crippen MR) is 98.6 cm³/mol. The van der Waals surface area contributed by atoms with Crippen LogP contribution in [0.15, 0.2) is 54.9 Å². The first-order valence-corrected chi connectivity index (χ1v) is 8.18. The molecule has 0 saturated heterocycles. The number of rotatable bonds is 3. The lowest BCUT2D eigenvalue weighted by molar-refractivity contribution is 0.509. The summed E-state index contributed by atoms with van der Waals surface area (Å²) in [5.74, 6) is -1.01. The number of anilines is 2. The molecule has 0 aliphatic rings. The Labute approximate surface area is 151 Å². The van der Waals surface area contributed by atoms with E-state index in [1.54, 1.807) is 12.4 Å². The molecule has 0 atom stereocenters. The normalized spacial score (nSPS) is 11.3. The second-order valence-corrected chi connectivity index (χ2v) is 6.06. The van der Waals surface area contributed by atoms with E-state index in [2.05, 4.69) is 30.5 Å². The summed E-state index contributed by atoms with van der Waals surface area (Å²) < 4.78 is 26.9. The molecule has 3 aromatic heterocycles. The van der Waals surface area contributed by atoms with E-state index in [0.717, 1.165) is 34.1 Å². The minimum atomic E-state index is -0.942. The van der Waals surface area contributed by atoms with Gasteiger partial charge in [0.1, 0.15) is 11.5 Å².